The van der Waals surface area contributed by atoms with Gasteiger partial charge in [0.15, 0.2) is 11.6 Å². The third kappa shape index (κ3) is 6.92. The predicted octanol–water partition coefficient (Wildman–Crippen LogP) is 6.00. The van der Waals surface area contributed by atoms with Gasteiger partial charge in [-0.05, 0) is 56.0 Å². The molecule has 13 heteroatoms. The number of nitrogens with two attached hydrogens (primary N) is 1. The van der Waals surface area contributed by atoms with E-state index < -0.39 is 11.7 Å². The molecule has 1 atom stereocenters. The van der Waals surface area contributed by atoms with Gasteiger partial charge in [-0.3, -0.25) is 4.79 Å². The first-order chi connectivity index (χ1) is 20.2. The van der Waals surface area contributed by atoms with Crippen molar-refractivity contribution in [1.82, 2.24) is 19.9 Å². The fourth-order valence-electron chi connectivity index (χ4n) is 4.47. The van der Waals surface area contributed by atoms with Gasteiger partial charge in [0, 0.05) is 31.8 Å². The van der Waals surface area contributed by atoms with Crippen LogP contribution < -0.4 is 26.0 Å². The number of primary amides is 1. The number of nitrogens with zero attached hydrogens (tertiary/aromatic N) is 6. The lowest BCUT2D eigenvalue weighted by molar-refractivity contribution is -0.113. The van der Waals surface area contributed by atoms with E-state index in [4.69, 9.17) is 15.3 Å². The Morgan fingerprint density at radius 3 is 2.71 bits per heavy atom. The molecule has 0 aliphatic carbocycles. The Hall–Kier alpha value is -5.20. The second-order valence-corrected chi connectivity index (χ2v) is 9.74. The van der Waals surface area contributed by atoms with E-state index in [1.165, 1.54) is 12.7 Å². The maximum atomic E-state index is 15.4. The standard InChI is InChI=1S/C26H28FN9O.C3H5NO/c1-15-5-4-10-36(13-15)26-30-12-21-24(34-26)25(32-14-31-21)33-19-8-9-22(16(2)23(19)27)37-17-6-7-18(29-3)20(11-17)35-28;1-2-3(4)5/h6-9,11-12,14-15,28-29H,4-5,10,13H2,1-3H3,(H,31,32,33);2H,1H2,(H2,4,5)/t15-;/m0./s1. The Labute approximate surface area is 242 Å². The van der Waals surface area contributed by atoms with E-state index in [1.54, 1.807) is 50.5 Å². The number of carbonyl (C=O) groups excluding carboxylic acids is 1. The number of ether oxygens (including phenoxy) is 1. The van der Waals surface area contributed by atoms with E-state index in [0.717, 1.165) is 25.6 Å². The highest BCUT2D eigenvalue weighted by atomic mass is 19.1. The second kappa shape index (κ2) is 13.4. The van der Waals surface area contributed by atoms with Gasteiger partial charge in [0.05, 0.1) is 17.6 Å². The van der Waals surface area contributed by atoms with Crippen LogP contribution in [0.1, 0.15) is 25.3 Å². The Morgan fingerprint density at radius 1 is 1.26 bits per heavy atom. The van der Waals surface area contributed by atoms with Gasteiger partial charge in [-0.25, -0.2) is 29.9 Å². The van der Waals surface area contributed by atoms with E-state index in [-0.39, 0.29) is 5.69 Å². The van der Waals surface area contributed by atoms with Crippen LogP contribution in [-0.2, 0) is 4.79 Å². The number of halogens is 1. The van der Waals surface area contributed by atoms with Crippen LogP contribution in [0.5, 0.6) is 11.5 Å². The quantitative estimate of drug-likeness (QED) is 0.146. The first kappa shape index (κ1) is 29.8. The van der Waals surface area contributed by atoms with Crippen LogP contribution >= 0.6 is 0 Å². The van der Waals surface area contributed by atoms with E-state index in [1.807, 2.05) is 0 Å². The Bertz CT molecular complexity index is 1610. The topological polar surface area (TPSA) is 167 Å². The number of carbonyl (C=O) groups is 1. The smallest absolute Gasteiger partial charge is 0.240 e. The van der Waals surface area contributed by atoms with Crippen molar-refractivity contribution in [3.63, 3.8) is 0 Å². The van der Waals surface area contributed by atoms with Crippen LogP contribution in [0.2, 0.25) is 0 Å². The Kier molecular flexibility index (Phi) is 9.53. The van der Waals surface area contributed by atoms with Crippen molar-refractivity contribution < 1.29 is 13.9 Å². The summed E-state index contributed by atoms with van der Waals surface area (Å²) in [5.41, 5.74) is 14.7. The fourth-order valence-corrected chi connectivity index (χ4v) is 4.47. The van der Waals surface area contributed by atoms with Gasteiger partial charge in [0.1, 0.15) is 34.5 Å². The first-order valence-electron chi connectivity index (χ1n) is 13.3. The molecule has 5 N–H and O–H groups in total. The number of benzene rings is 2. The first-order valence-corrected chi connectivity index (χ1v) is 13.3. The molecule has 42 heavy (non-hydrogen) atoms. The zero-order chi connectivity index (χ0) is 30.2. The van der Waals surface area contributed by atoms with Crippen LogP contribution in [0.3, 0.4) is 0 Å². The van der Waals surface area contributed by atoms with Crippen molar-refractivity contribution >= 4 is 45.8 Å². The number of anilines is 4. The molecule has 218 valence electrons. The lowest BCUT2D eigenvalue weighted by atomic mass is 10.0. The monoisotopic (exact) mass is 572 g/mol. The average molecular weight is 573 g/mol. The van der Waals surface area contributed by atoms with Crippen molar-refractivity contribution in [1.29, 1.82) is 5.53 Å². The van der Waals surface area contributed by atoms with Crippen molar-refractivity contribution in [3.8, 4) is 11.5 Å². The van der Waals surface area contributed by atoms with Crippen molar-refractivity contribution in [2.75, 3.05) is 35.7 Å². The maximum Gasteiger partial charge on any atom is 0.240 e. The lowest BCUT2D eigenvalue weighted by Crippen LogP contribution is -2.35. The predicted molar refractivity (Wildman–Crippen MR) is 160 cm³/mol. The molecule has 3 heterocycles. The molecule has 0 radical (unpaired) electrons. The molecular weight excluding hydrogens is 539 g/mol. The summed E-state index contributed by atoms with van der Waals surface area (Å²) in [5, 5.41) is 9.55. The highest BCUT2D eigenvalue weighted by molar-refractivity contribution is 5.87. The van der Waals surface area contributed by atoms with Crippen molar-refractivity contribution in [3.05, 3.63) is 66.9 Å². The summed E-state index contributed by atoms with van der Waals surface area (Å²) in [6.45, 7) is 8.75. The van der Waals surface area contributed by atoms with Crippen LogP contribution in [0, 0.1) is 24.2 Å². The molecule has 1 aliphatic heterocycles. The molecule has 5 rings (SSSR count). The molecule has 1 amide bonds. The molecule has 1 fully saturated rings. The zero-order valence-corrected chi connectivity index (χ0v) is 23.7. The van der Waals surface area contributed by atoms with E-state index in [2.05, 4.69) is 54.8 Å². The summed E-state index contributed by atoms with van der Waals surface area (Å²) < 4.78 is 21.4. The Morgan fingerprint density at radius 2 is 2.02 bits per heavy atom. The normalized spacial score (nSPS) is 14.4. The number of hydrogen-bond donors (Lipinski definition) is 4. The molecule has 0 unspecified atom stereocenters. The summed E-state index contributed by atoms with van der Waals surface area (Å²) in [6, 6.07) is 8.39. The largest absolute Gasteiger partial charge is 0.457 e. The van der Waals surface area contributed by atoms with Crippen molar-refractivity contribution in [2.45, 2.75) is 26.7 Å². The number of piperidine rings is 1. The SMILES string of the molecule is C=CC(N)=O.CNc1ccc(Oc2ccc(Nc3ncnc4cnc(N5CCC[C@H](C)C5)nc34)c(F)c2C)cc1N=N. The minimum atomic E-state index is -0.481. The average Bonchev–Trinajstić information content (AvgIpc) is 3.01. The van der Waals surface area contributed by atoms with Crippen molar-refractivity contribution in [2.24, 2.45) is 16.8 Å². The van der Waals surface area contributed by atoms with Crippen LogP contribution in [-0.4, -0.2) is 46.0 Å². The summed E-state index contributed by atoms with van der Waals surface area (Å²) in [6.07, 6.45) is 6.43. The summed E-state index contributed by atoms with van der Waals surface area (Å²) in [7, 11) is 1.75. The third-order valence-electron chi connectivity index (χ3n) is 6.68. The number of fused-ring (bicyclic) bond motifs is 1. The van der Waals surface area contributed by atoms with Gasteiger partial charge in [-0.2, -0.15) is 5.11 Å². The molecule has 0 saturated carbocycles. The van der Waals surface area contributed by atoms with Gasteiger partial charge in [0.2, 0.25) is 11.9 Å². The molecule has 0 spiro atoms. The van der Waals surface area contributed by atoms with E-state index in [9.17, 15) is 4.79 Å². The number of nitrogens with one attached hydrogen (secondary N) is 3. The van der Waals surface area contributed by atoms with Gasteiger partial charge in [-0.15, -0.1) is 0 Å². The van der Waals surface area contributed by atoms with Gasteiger partial charge >= 0.3 is 0 Å². The molecule has 0 bridgehead atoms. The van der Waals surface area contributed by atoms with E-state index in [0.29, 0.717) is 57.2 Å². The molecule has 12 nitrogen and oxygen atoms in total. The van der Waals surface area contributed by atoms with Crippen LogP contribution in [0.4, 0.5) is 33.2 Å². The second-order valence-electron chi connectivity index (χ2n) is 9.74. The molecule has 1 saturated heterocycles. The minimum Gasteiger partial charge on any atom is -0.457 e. The van der Waals surface area contributed by atoms with E-state index >= 15 is 4.39 Å². The number of rotatable bonds is 8. The summed E-state index contributed by atoms with van der Waals surface area (Å²) in [5.74, 6) is 1.45. The van der Waals surface area contributed by atoms with Crippen LogP contribution in [0.15, 0.2) is 60.6 Å². The zero-order valence-electron chi connectivity index (χ0n) is 23.7. The summed E-state index contributed by atoms with van der Waals surface area (Å²) >= 11 is 0. The van der Waals surface area contributed by atoms with Gasteiger partial charge in [-0.1, -0.05) is 13.5 Å². The molecule has 2 aromatic carbocycles. The molecular formula is C29H33FN10O2. The minimum absolute atomic E-state index is 0.240. The fraction of sp³-hybridized carbons (Fsp3) is 0.276. The highest BCUT2D eigenvalue weighted by Crippen LogP contribution is 2.35. The molecule has 4 aromatic rings. The number of hydrogen-bond acceptors (Lipinski definition) is 11. The third-order valence-corrected chi connectivity index (χ3v) is 6.68. The maximum absolute atomic E-state index is 15.4. The van der Waals surface area contributed by atoms with Gasteiger partial charge < -0.3 is 26.0 Å². The van der Waals surface area contributed by atoms with Crippen LogP contribution in [0.25, 0.3) is 11.0 Å². The highest BCUT2D eigenvalue weighted by Gasteiger charge is 2.20. The Balaban J connectivity index is 0.000000748. The van der Waals surface area contributed by atoms with Gasteiger partial charge in [0.25, 0.3) is 0 Å². The number of amides is 1. The molecule has 1 aliphatic rings. The summed E-state index contributed by atoms with van der Waals surface area (Å²) in [4.78, 5) is 29.5. The lowest BCUT2D eigenvalue weighted by Gasteiger charge is -2.30. The molecule has 2 aromatic heterocycles. The number of aromatic nitrogens is 4.